The molecule has 1 aliphatic carbocycles. The Labute approximate surface area is 169 Å². The smallest absolute Gasteiger partial charge is 0.293 e. The second-order valence-corrected chi connectivity index (χ2v) is 7.96. The predicted octanol–water partition coefficient (Wildman–Crippen LogP) is 1.91. The van der Waals surface area contributed by atoms with E-state index >= 15 is 0 Å². The largest absolute Gasteiger partial charge is 0.368 e. The van der Waals surface area contributed by atoms with Crippen LogP contribution >= 0.6 is 0 Å². The van der Waals surface area contributed by atoms with Crippen molar-refractivity contribution in [3.05, 3.63) is 47.3 Å². The van der Waals surface area contributed by atoms with Crippen molar-refractivity contribution < 1.29 is 0 Å². The molecule has 0 unspecified atom stereocenters. The molecule has 0 spiro atoms. The van der Waals surface area contributed by atoms with Gasteiger partial charge in [-0.05, 0) is 31.0 Å². The summed E-state index contributed by atoms with van der Waals surface area (Å²) in [5, 5.41) is 1.05. The first-order valence-electron chi connectivity index (χ1n) is 10.1. The Morgan fingerprint density at radius 3 is 2.48 bits per heavy atom. The van der Waals surface area contributed by atoms with Gasteiger partial charge in [0.15, 0.2) is 5.82 Å². The van der Waals surface area contributed by atoms with Gasteiger partial charge in [-0.25, -0.2) is 15.0 Å². The number of hydrogen-bond acceptors (Lipinski definition) is 7. The summed E-state index contributed by atoms with van der Waals surface area (Å²) < 4.78 is 1.85. The van der Waals surface area contributed by atoms with Crippen LogP contribution in [0.4, 0.5) is 17.3 Å². The lowest BCUT2D eigenvalue weighted by molar-refractivity contribution is 0.629. The third kappa shape index (κ3) is 3.28. The van der Waals surface area contributed by atoms with E-state index in [9.17, 15) is 4.79 Å². The maximum absolute atomic E-state index is 12.8. The summed E-state index contributed by atoms with van der Waals surface area (Å²) >= 11 is 0. The number of piperazine rings is 1. The van der Waals surface area contributed by atoms with E-state index in [4.69, 9.17) is 0 Å². The van der Waals surface area contributed by atoms with Gasteiger partial charge in [-0.1, -0.05) is 0 Å². The van der Waals surface area contributed by atoms with E-state index in [-0.39, 0.29) is 5.56 Å². The summed E-state index contributed by atoms with van der Waals surface area (Å²) in [4.78, 5) is 32.5. The number of rotatable bonds is 4. The Hall–Kier alpha value is -3.16. The average Bonchev–Trinajstić information content (AvgIpc) is 3.58. The molecule has 3 aromatic rings. The van der Waals surface area contributed by atoms with E-state index in [0.29, 0.717) is 11.9 Å². The summed E-state index contributed by atoms with van der Waals surface area (Å²) in [5.74, 6) is 1.51. The van der Waals surface area contributed by atoms with Gasteiger partial charge in [-0.15, -0.1) is 0 Å². The van der Waals surface area contributed by atoms with Crippen LogP contribution < -0.4 is 20.3 Å². The van der Waals surface area contributed by atoms with Crippen molar-refractivity contribution in [2.24, 2.45) is 0 Å². The number of hydrogen-bond donors (Lipinski definition) is 0. The molecule has 1 saturated carbocycles. The first-order chi connectivity index (χ1) is 14.1. The Morgan fingerprint density at radius 2 is 1.76 bits per heavy atom. The van der Waals surface area contributed by atoms with E-state index in [1.54, 1.807) is 12.5 Å². The molecule has 2 fully saturated rings. The van der Waals surface area contributed by atoms with Gasteiger partial charge in [0.25, 0.3) is 5.56 Å². The predicted molar refractivity (Wildman–Crippen MR) is 115 cm³/mol. The van der Waals surface area contributed by atoms with E-state index < -0.39 is 0 Å². The first kappa shape index (κ1) is 17.9. The van der Waals surface area contributed by atoms with Crippen molar-refractivity contribution in [3.8, 4) is 0 Å². The van der Waals surface area contributed by atoms with Crippen LogP contribution in [0.25, 0.3) is 10.9 Å². The molecule has 0 bridgehead atoms. The number of aromatic nitrogens is 4. The maximum atomic E-state index is 12.8. The normalized spacial score (nSPS) is 17.0. The van der Waals surface area contributed by atoms with Crippen LogP contribution in [-0.4, -0.2) is 59.8 Å². The first-order valence-corrected chi connectivity index (χ1v) is 10.1. The lowest BCUT2D eigenvalue weighted by atomic mass is 10.1. The minimum atomic E-state index is 0.0435. The second kappa shape index (κ2) is 7.02. The molecule has 0 N–H and O–H groups in total. The van der Waals surface area contributed by atoms with Crippen LogP contribution in [0.5, 0.6) is 0 Å². The fraction of sp³-hybridized carbons (Fsp3) is 0.429. The van der Waals surface area contributed by atoms with Crippen LogP contribution in [0.2, 0.25) is 0 Å². The van der Waals surface area contributed by atoms with Crippen molar-refractivity contribution in [1.29, 1.82) is 0 Å². The van der Waals surface area contributed by atoms with Gasteiger partial charge >= 0.3 is 0 Å². The molecule has 29 heavy (non-hydrogen) atoms. The highest BCUT2D eigenvalue weighted by atomic mass is 16.1. The number of fused-ring (bicyclic) bond motifs is 1. The van der Waals surface area contributed by atoms with Gasteiger partial charge in [-0.2, -0.15) is 0 Å². The van der Waals surface area contributed by atoms with Gasteiger partial charge < -0.3 is 19.3 Å². The molecule has 150 valence electrons. The zero-order chi connectivity index (χ0) is 20.0. The lowest BCUT2D eigenvalue weighted by Gasteiger charge is -2.36. The number of benzene rings is 1. The van der Waals surface area contributed by atoms with Crippen molar-refractivity contribution >= 4 is 28.2 Å². The Balaban J connectivity index is 1.36. The molecular weight excluding hydrogens is 366 g/mol. The number of nitrogens with zero attached hydrogens (tertiary/aromatic N) is 7. The van der Waals surface area contributed by atoms with Crippen LogP contribution in [0.1, 0.15) is 18.9 Å². The van der Waals surface area contributed by atoms with Crippen molar-refractivity contribution in [1.82, 2.24) is 19.5 Å². The van der Waals surface area contributed by atoms with E-state index in [1.807, 2.05) is 29.8 Å². The SMILES string of the molecule is CN(C)c1ncnc2ccc(N3CCN(c4nccn(C5CC5)c4=O)CC3)cc12. The molecule has 1 aliphatic heterocycles. The van der Waals surface area contributed by atoms with Gasteiger partial charge in [-0.3, -0.25) is 4.79 Å². The highest BCUT2D eigenvalue weighted by Gasteiger charge is 2.27. The van der Waals surface area contributed by atoms with Gasteiger partial charge in [0.05, 0.1) is 5.52 Å². The number of anilines is 3. The lowest BCUT2D eigenvalue weighted by Crippen LogP contribution is -2.48. The average molecular weight is 391 g/mol. The van der Waals surface area contributed by atoms with Crippen LogP contribution in [0.3, 0.4) is 0 Å². The molecule has 0 atom stereocenters. The highest BCUT2D eigenvalue weighted by Crippen LogP contribution is 2.33. The molecule has 2 aromatic heterocycles. The van der Waals surface area contributed by atoms with Gasteiger partial charge in [0.1, 0.15) is 12.1 Å². The molecule has 5 rings (SSSR count). The molecule has 1 aromatic carbocycles. The standard InChI is InChI=1S/C21H25N7O/c1-25(2)19-17-13-16(5-6-18(17)23-14-24-19)26-9-11-27(12-10-26)20-21(29)28(8-7-22-20)15-3-4-15/h5-8,13-15H,3-4,9-12H2,1-2H3. The Bertz CT molecular complexity index is 1100. The van der Waals surface area contributed by atoms with Crippen molar-refractivity contribution in [2.75, 3.05) is 55.0 Å². The summed E-state index contributed by atoms with van der Waals surface area (Å²) in [7, 11) is 3.99. The third-order valence-electron chi connectivity index (χ3n) is 5.76. The molecule has 0 amide bonds. The Morgan fingerprint density at radius 1 is 1.00 bits per heavy atom. The van der Waals surface area contributed by atoms with Crippen LogP contribution in [-0.2, 0) is 0 Å². The summed E-state index contributed by atoms with van der Waals surface area (Å²) in [6.07, 6.45) is 7.37. The zero-order valence-electron chi connectivity index (χ0n) is 16.8. The summed E-state index contributed by atoms with van der Waals surface area (Å²) in [5.41, 5.74) is 2.15. The van der Waals surface area contributed by atoms with Crippen LogP contribution in [0.15, 0.2) is 41.7 Å². The monoisotopic (exact) mass is 391 g/mol. The molecule has 3 heterocycles. The molecule has 8 nitrogen and oxygen atoms in total. The van der Waals surface area contributed by atoms with Gasteiger partial charge in [0.2, 0.25) is 0 Å². The molecule has 0 radical (unpaired) electrons. The van der Waals surface area contributed by atoms with E-state index in [2.05, 4.69) is 43.0 Å². The van der Waals surface area contributed by atoms with Crippen LogP contribution in [0, 0.1) is 0 Å². The highest BCUT2D eigenvalue weighted by molar-refractivity contribution is 5.91. The van der Waals surface area contributed by atoms with Crippen molar-refractivity contribution in [2.45, 2.75) is 18.9 Å². The minimum Gasteiger partial charge on any atom is -0.368 e. The molecule has 1 saturated heterocycles. The molecule has 8 heteroatoms. The summed E-state index contributed by atoms with van der Waals surface area (Å²) in [6.45, 7) is 3.24. The van der Waals surface area contributed by atoms with E-state index in [1.165, 1.54) is 0 Å². The molecular formula is C21H25N7O. The molecule has 2 aliphatic rings. The fourth-order valence-corrected chi connectivity index (χ4v) is 4.03. The zero-order valence-corrected chi connectivity index (χ0v) is 16.8. The second-order valence-electron chi connectivity index (χ2n) is 7.96. The van der Waals surface area contributed by atoms with Gasteiger partial charge in [0, 0.05) is 69.8 Å². The summed E-state index contributed by atoms with van der Waals surface area (Å²) in [6, 6.07) is 6.71. The quantitative estimate of drug-likeness (QED) is 0.673. The fourth-order valence-electron chi connectivity index (χ4n) is 4.03. The Kier molecular flexibility index (Phi) is 4.34. The van der Waals surface area contributed by atoms with E-state index in [0.717, 1.165) is 61.4 Å². The van der Waals surface area contributed by atoms with Crippen molar-refractivity contribution in [3.63, 3.8) is 0 Å². The maximum Gasteiger partial charge on any atom is 0.293 e. The third-order valence-corrected chi connectivity index (χ3v) is 5.76. The topological polar surface area (TPSA) is 70.4 Å². The minimum absolute atomic E-state index is 0.0435.